The average molecular weight is 215 g/mol. The SMILES string of the molecule is NCC(=O)N1CCCN(CC(=O)O)CC1. The zero-order valence-electron chi connectivity index (χ0n) is 8.69. The lowest BCUT2D eigenvalue weighted by atomic mass is 10.3. The van der Waals surface area contributed by atoms with Crippen molar-refractivity contribution in [2.75, 3.05) is 39.3 Å². The Bertz CT molecular complexity index is 245. The van der Waals surface area contributed by atoms with Crippen molar-refractivity contribution >= 4 is 11.9 Å². The predicted octanol–water partition coefficient (Wildman–Crippen LogP) is -1.44. The van der Waals surface area contributed by atoms with Gasteiger partial charge in [0.15, 0.2) is 0 Å². The fraction of sp³-hybridized carbons (Fsp3) is 0.778. The van der Waals surface area contributed by atoms with Crippen LogP contribution in [0.3, 0.4) is 0 Å². The molecule has 0 aromatic rings. The maximum atomic E-state index is 11.3. The molecule has 0 unspecified atom stereocenters. The summed E-state index contributed by atoms with van der Waals surface area (Å²) in [5.74, 6) is -0.888. The Labute approximate surface area is 88.6 Å². The second-order valence-corrected chi connectivity index (χ2v) is 3.61. The molecule has 0 aliphatic carbocycles. The van der Waals surface area contributed by atoms with Crippen molar-refractivity contribution in [2.24, 2.45) is 5.73 Å². The first-order chi connectivity index (χ1) is 7.13. The summed E-state index contributed by atoms with van der Waals surface area (Å²) < 4.78 is 0. The molecule has 86 valence electrons. The molecule has 0 radical (unpaired) electrons. The molecule has 1 aliphatic heterocycles. The fourth-order valence-electron chi connectivity index (χ4n) is 1.70. The molecular formula is C9H17N3O3. The molecule has 1 rings (SSSR count). The second kappa shape index (κ2) is 5.67. The van der Waals surface area contributed by atoms with E-state index in [0.717, 1.165) is 13.0 Å². The third-order valence-electron chi connectivity index (χ3n) is 2.47. The van der Waals surface area contributed by atoms with Gasteiger partial charge in [0, 0.05) is 26.2 Å². The van der Waals surface area contributed by atoms with Gasteiger partial charge in [-0.05, 0) is 6.42 Å². The summed E-state index contributed by atoms with van der Waals surface area (Å²) in [5.41, 5.74) is 5.27. The minimum atomic E-state index is -0.825. The van der Waals surface area contributed by atoms with E-state index in [1.807, 2.05) is 4.90 Å². The van der Waals surface area contributed by atoms with Crippen LogP contribution in [0.4, 0.5) is 0 Å². The molecule has 0 aromatic heterocycles. The number of nitrogens with zero attached hydrogens (tertiary/aromatic N) is 2. The number of amides is 1. The molecule has 1 saturated heterocycles. The van der Waals surface area contributed by atoms with Gasteiger partial charge in [-0.1, -0.05) is 0 Å². The van der Waals surface area contributed by atoms with Crippen molar-refractivity contribution in [3.63, 3.8) is 0 Å². The Hall–Kier alpha value is -1.14. The second-order valence-electron chi connectivity index (χ2n) is 3.61. The molecule has 0 bridgehead atoms. The van der Waals surface area contributed by atoms with Crippen molar-refractivity contribution in [1.29, 1.82) is 0 Å². The number of carbonyl (C=O) groups excluding carboxylic acids is 1. The summed E-state index contributed by atoms with van der Waals surface area (Å²) in [7, 11) is 0. The normalized spacial score (nSPS) is 18.6. The van der Waals surface area contributed by atoms with Crippen LogP contribution in [-0.2, 0) is 9.59 Å². The number of carbonyl (C=O) groups is 2. The largest absolute Gasteiger partial charge is 0.480 e. The van der Waals surface area contributed by atoms with E-state index in [4.69, 9.17) is 10.8 Å². The predicted molar refractivity (Wildman–Crippen MR) is 54.3 cm³/mol. The van der Waals surface area contributed by atoms with Crippen LogP contribution < -0.4 is 5.73 Å². The zero-order valence-corrected chi connectivity index (χ0v) is 8.69. The van der Waals surface area contributed by atoms with E-state index in [2.05, 4.69) is 0 Å². The first-order valence-electron chi connectivity index (χ1n) is 5.05. The summed E-state index contributed by atoms with van der Waals surface area (Å²) in [6.07, 6.45) is 0.805. The molecule has 0 saturated carbocycles. The number of aliphatic carboxylic acids is 1. The van der Waals surface area contributed by atoms with Crippen molar-refractivity contribution in [2.45, 2.75) is 6.42 Å². The van der Waals surface area contributed by atoms with E-state index in [0.29, 0.717) is 19.6 Å². The van der Waals surface area contributed by atoms with E-state index < -0.39 is 5.97 Å². The van der Waals surface area contributed by atoms with Crippen LogP contribution in [-0.4, -0.2) is 66.1 Å². The van der Waals surface area contributed by atoms with Gasteiger partial charge in [0.1, 0.15) is 0 Å². The highest BCUT2D eigenvalue weighted by atomic mass is 16.4. The highest BCUT2D eigenvalue weighted by Crippen LogP contribution is 2.02. The molecule has 1 aliphatic rings. The lowest BCUT2D eigenvalue weighted by Crippen LogP contribution is -2.39. The maximum Gasteiger partial charge on any atom is 0.317 e. The first-order valence-corrected chi connectivity index (χ1v) is 5.05. The molecule has 1 heterocycles. The van der Waals surface area contributed by atoms with E-state index in [9.17, 15) is 9.59 Å². The highest BCUT2D eigenvalue weighted by molar-refractivity contribution is 5.78. The van der Waals surface area contributed by atoms with Crippen LogP contribution in [0.15, 0.2) is 0 Å². The van der Waals surface area contributed by atoms with Gasteiger partial charge in [-0.25, -0.2) is 0 Å². The fourth-order valence-corrected chi connectivity index (χ4v) is 1.70. The smallest absolute Gasteiger partial charge is 0.317 e. The number of rotatable bonds is 3. The van der Waals surface area contributed by atoms with Crippen LogP contribution in [0.5, 0.6) is 0 Å². The summed E-state index contributed by atoms with van der Waals surface area (Å²) in [5, 5.41) is 8.64. The Morgan fingerprint density at radius 3 is 2.53 bits per heavy atom. The van der Waals surface area contributed by atoms with Gasteiger partial charge in [-0.3, -0.25) is 14.5 Å². The quantitative estimate of drug-likeness (QED) is 0.602. The Balaban J connectivity index is 2.41. The van der Waals surface area contributed by atoms with Crippen LogP contribution >= 0.6 is 0 Å². The maximum absolute atomic E-state index is 11.3. The van der Waals surface area contributed by atoms with Gasteiger partial charge in [0.05, 0.1) is 13.1 Å². The van der Waals surface area contributed by atoms with Gasteiger partial charge in [0.2, 0.25) is 5.91 Å². The molecule has 0 atom stereocenters. The highest BCUT2D eigenvalue weighted by Gasteiger charge is 2.18. The summed E-state index contributed by atoms with van der Waals surface area (Å²) >= 11 is 0. The minimum absolute atomic E-state index is 0.0267. The van der Waals surface area contributed by atoms with Crippen LogP contribution in [0.25, 0.3) is 0 Å². The molecule has 6 heteroatoms. The van der Waals surface area contributed by atoms with E-state index >= 15 is 0 Å². The monoisotopic (exact) mass is 215 g/mol. The molecule has 3 N–H and O–H groups in total. The topological polar surface area (TPSA) is 86.9 Å². The van der Waals surface area contributed by atoms with E-state index in [-0.39, 0.29) is 19.0 Å². The minimum Gasteiger partial charge on any atom is -0.480 e. The number of carboxylic acids is 1. The van der Waals surface area contributed by atoms with Crippen molar-refractivity contribution in [1.82, 2.24) is 9.80 Å². The molecule has 1 amide bonds. The third kappa shape index (κ3) is 3.85. The van der Waals surface area contributed by atoms with Gasteiger partial charge in [-0.2, -0.15) is 0 Å². The molecule has 0 aromatic carbocycles. The Kier molecular flexibility index (Phi) is 4.51. The molecule has 0 spiro atoms. The standard InChI is InChI=1S/C9H17N3O3/c10-6-8(13)12-3-1-2-11(4-5-12)7-9(14)15/h1-7,10H2,(H,14,15). The van der Waals surface area contributed by atoms with Crippen LogP contribution in [0.2, 0.25) is 0 Å². The number of carboxylic acid groups (broad SMARTS) is 1. The van der Waals surface area contributed by atoms with Crippen LogP contribution in [0.1, 0.15) is 6.42 Å². The Morgan fingerprint density at radius 2 is 1.93 bits per heavy atom. The first kappa shape index (κ1) is 11.9. The lowest BCUT2D eigenvalue weighted by molar-refractivity contribution is -0.138. The Morgan fingerprint density at radius 1 is 1.20 bits per heavy atom. The molecule has 1 fully saturated rings. The molecule has 6 nitrogen and oxygen atoms in total. The van der Waals surface area contributed by atoms with Crippen molar-refractivity contribution < 1.29 is 14.7 Å². The van der Waals surface area contributed by atoms with Gasteiger partial charge < -0.3 is 15.7 Å². The van der Waals surface area contributed by atoms with E-state index in [1.165, 1.54) is 0 Å². The van der Waals surface area contributed by atoms with Crippen LogP contribution in [0, 0.1) is 0 Å². The summed E-state index contributed by atoms with van der Waals surface area (Å²) in [4.78, 5) is 25.4. The number of nitrogens with two attached hydrogens (primary N) is 1. The number of hydrogen-bond acceptors (Lipinski definition) is 4. The summed E-state index contributed by atoms with van der Waals surface area (Å²) in [6, 6.07) is 0. The van der Waals surface area contributed by atoms with Gasteiger partial charge in [0.25, 0.3) is 0 Å². The van der Waals surface area contributed by atoms with E-state index in [1.54, 1.807) is 4.90 Å². The number of hydrogen-bond donors (Lipinski definition) is 2. The zero-order chi connectivity index (χ0) is 11.3. The van der Waals surface area contributed by atoms with Gasteiger partial charge in [-0.15, -0.1) is 0 Å². The molecule has 15 heavy (non-hydrogen) atoms. The van der Waals surface area contributed by atoms with Gasteiger partial charge >= 0.3 is 5.97 Å². The molecular weight excluding hydrogens is 198 g/mol. The third-order valence-corrected chi connectivity index (χ3v) is 2.47. The van der Waals surface area contributed by atoms with Crippen molar-refractivity contribution in [3.05, 3.63) is 0 Å². The summed E-state index contributed by atoms with van der Waals surface area (Å²) in [6.45, 7) is 2.65. The lowest BCUT2D eigenvalue weighted by Gasteiger charge is -2.20. The average Bonchev–Trinajstić information content (AvgIpc) is 2.41. The van der Waals surface area contributed by atoms with Crippen molar-refractivity contribution in [3.8, 4) is 0 Å².